The summed E-state index contributed by atoms with van der Waals surface area (Å²) in [6.45, 7) is 2.03. The summed E-state index contributed by atoms with van der Waals surface area (Å²) in [5.41, 5.74) is 0. The van der Waals surface area contributed by atoms with Crippen molar-refractivity contribution in [2.24, 2.45) is 17.8 Å². The topological polar surface area (TPSA) is 86.7 Å². The predicted octanol–water partition coefficient (Wildman–Crippen LogP) is 1.75. The fourth-order valence-electron chi connectivity index (χ4n) is 3.14. The van der Waals surface area contributed by atoms with E-state index in [0.717, 1.165) is 25.7 Å². The van der Waals surface area contributed by atoms with Crippen LogP contribution in [-0.2, 0) is 28.7 Å². The molecule has 0 aliphatic carbocycles. The summed E-state index contributed by atoms with van der Waals surface area (Å²) < 4.78 is 9.13. The largest absolute Gasteiger partial charge is 0.393 e. The van der Waals surface area contributed by atoms with Crippen LogP contribution in [0.15, 0.2) is 0 Å². The van der Waals surface area contributed by atoms with E-state index in [0.29, 0.717) is 6.42 Å². The average Bonchev–Trinajstić information content (AvgIpc) is 2.90. The third-order valence-electron chi connectivity index (χ3n) is 4.22. The maximum atomic E-state index is 11.7. The number of carbonyl (C=O) groups is 4. The first-order chi connectivity index (χ1) is 10.0. The highest BCUT2D eigenvalue weighted by molar-refractivity contribution is 5.95. The van der Waals surface area contributed by atoms with E-state index >= 15 is 0 Å². The van der Waals surface area contributed by atoms with Crippen LogP contribution >= 0.6 is 0 Å². The minimum absolute atomic E-state index is 0.0991. The third kappa shape index (κ3) is 3.89. The number of rotatable bonds is 7. The molecule has 0 saturated carbocycles. The molecule has 2 fully saturated rings. The minimum Gasteiger partial charge on any atom is -0.393 e. The molecule has 3 unspecified atom stereocenters. The Morgan fingerprint density at radius 2 is 1.67 bits per heavy atom. The smallest absolute Gasteiger partial charge is 0.317 e. The van der Waals surface area contributed by atoms with Crippen molar-refractivity contribution in [3.05, 3.63) is 0 Å². The van der Waals surface area contributed by atoms with E-state index in [1.807, 2.05) is 6.92 Å². The summed E-state index contributed by atoms with van der Waals surface area (Å²) in [4.78, 5) is 45.2. The molecule has 21 heavy (non-hydrogen) atoms. The number of carbonyl (C=O) groups excluding carboxylic acids is 4. The Bertz CT molecular complexity index is 455. The lowest BCUT2D eigenvalue weighted by atomic mass is 9.82. The quantitative estimate of drug-likeness (QED) is 0.525. The maximum Gasteiger partial charge on any atom is 0.317 e. The molecule has 0 bridgehead atoms. The standard InChI is InChI=1S/C15H20O6/c1-2-4-9(11-8-13(17)21-15(11)19)5-3-6-10-7-12(16)20-14(10)18/h9-11H,2-8H2,1H3. The van der Waals surface area contributed by atoms with E-state index in [4.69, 9.17) is 0 Å². The Morgan fingerprint density at radius 3 is 2.19 bits per heavy atom. The second-order valence-corrected chi connectivity index (χ2v) is 5.78. The Labute approximate surface area is 123 Å². The first-order valence-electron chi connectivity index (χ1n) is 7.50. The van der Waals surface area contributed by atoms with Gasteiger partial charge in [0.15, 0.2) is 0 Å². The van der Waals surface area contributed by atoms with E-state index in [1.165, 1.54) is 0 Å². The zero-order valence-corrected chi connectivity index (χ0v) is 12.1. The molecule has 3 atom stereocenters. The van der Waals surface area contributed by atoms with E-state index in [-0.39, 0.29) is 30.6 Å². The Hall–Kier alpha value is -1.72. The predicted molar refractivity (Wildman–Crippen MR) is 70.7 cm³/mol. The van der Waals surface area contributed by atoms with Crippen LogP contribution < -0.4 is 0 Å². The van der Waals surface area contributed by atoms with Gasteiger partial charge in [-0.25, -0.2) is 0 Å². The summed E-state index contributed by atoms with van der Waals surface area (Å²) in [7, 11) is 0. The van der Waals surface area contributed by atoms with Gasteiger partial charge in [0.2, 0.25) is 0 Å². The Morgan fingerprint density at radius 1 is 1.00 bits per heavy atom. The van der Waals surface area contributed by atoms with Crippen molar-refractivity contribution in [2.45, 2.75) is 51.9 Å². The zero-order valence-electron chi connectivity index (χ0n) is 12.1. The average molecular weight is 296 g/mol. The molecule has 0 aromatic carbocycles. The third-order valence-corrected chi connectivity index (χ3v) is 4.22. The zero-order chi connectivity index (χ0) is 15.4. The van der Waals surface area contributed by atoms with Crippen LogP contribution in [0.25, 0.3) is 0 Å². The minimum atomic E-state index is -0.458. The van der Waals surface area contributed by atoms with E-state index < -0.39 is 23.9 Å². The molecule has 0 radical (unpaired) electrons. The molecule has 6 heteroatoms. The highest BCUT2D eigenvalue weighted by Crippen LogP contribution is 2.33. The molecule has 0 aromatic rings. The molecule has 0 N–H and O–H groups in total. The molecule has 2 heterocycles. The SMILES string of the molecule is CCCC(CCCC1CC(=O)OC1=O)C1CC(=O)OC1=O. The molecule has 2 aliphatic rings. The summed E-state index contributed by atoms with van der Waals surface area (Å²) in [5, 5.41) is 0. The highest BCUT2D eigenvalue weighted by Gasteiger charge is 2.39. The van der Waals surface area contributed by atoms with Crippen molar-refractivity contribution in [1.82, 2.24) is 0 Å². The lowest BCUT2D eigenvalue weighted by Gasteiger charge is -2.19. The molecule has 0 spiro atoms. The highest BCUT2D eigenvalue weighted by atomic mass is 16.6. The second-order valence-electron chi connectivity index (χ2n) is 5.78. The molecule has 0 aromatic heterocycles. The summed E-state index contributed by atoms with van der Waals surface area (Å²) in [5.74, 6) is -2.37. The van der Waals surface area contributed by atoms with Crippen molar-refractivity contribution >= 4 is 23.9 Å². The number of hydrogen-bond acceptors (Lipinski definition) is 6. The molecular weight excluding hydrogens is 276 g/mol. The van der Waals surface area contributed by atoms with Crippen LogP contribution in [0.4, 0.5) is 0 Å². The molecule has 6 nitrogen and oxygen atoms in total. The Kier molecular flexibility index (Phi) is 5.09. The molecule has 2 saturated heterocycles. The van der Waals surface area contributed by atoms with Crippen molar-refractivity contribution in [1.29, 1.82) is 0 Å². The van der Waals surface area contributed by atoms with Crippen LogP contribution in [-0.4, -0.2) is 23.9 Å². The molecule has 2 aliphatic heterocycles. The van der Waals surface area contributed by atoms with Gasteiger partial charge < -0.3 is 9.47 Å². The fourth-order valence-corrected chi connectivity index (χ4v) is 3.14. The van der Waals surface area contributed by atoms with Gasteiger partial charge in [-0.2, -0.15) is 0 Å². The van der Waals surface area contributed by atoms with E-state index in [1.54, 1.807) is 0 Å². The van der Waals surface area contributed by atoms with Crippen LogP contribution in [0.5, 0.6) is 0 Å². The van der Waals surface area contributed by atoms with Crippen LogP contribution in [0.1, 0.15) is 51.9 Å². The van der Waals surface area contributed by atoms with Gasteiger partial charge in [-0.3, -0.25) is 19.2 Å². The van der Waals surface area contributed by atoms with Gasteiger partial charge in [0.25, 0.3) is 0 Å². The van der Waals surface area contributed by atoms with Gasteiger partial charge >= 0.3 is 23.9 Å². The lowest BCUT2D eigenvalue weighted by molar-refractivity contribution is -0.155. The summed E-state index contributed by atoms with van der Waals surface area (Å²) in [6, 6.07) is 0. The van der Waals surface area contributed by atoms with Crippen LogP contribution in [0.2, 0.25) is 0 Å². The van der Waals surface area contributed by atoms with Gasteiger partial charge in [0.1, 0.15) is 0 Å². The van der Waals surface area contributed by atoms with Crippen molar-refractivity contribution in [3.63, 3.8) is 0 Å². The molecular formula is C15H20O6. The fraction of sp³-hybridized carbons (Fsp3) is 0.733. The number of ether oxygens (including phenoxy) is 2. The first-order valence-corrected chi connectivity index (χ1v) is 7.50. The van der Waals surface area contributed by atoms with Crippen molar-refractivity contribution in [3.8, 4) is 0 Å². The second kappa shape index (κ2) is 6.83. The van der Waals surface area contributed by atoms with Gasteiger partial charge in [0.05, 0.1) is 24.7 Å². The van der Waals surface area contributed by atoms with Gasteiger partial charge in [-0.15, -0.1) is 0 Å². The van der Waals surface area contributed by atoms with Crippen molar-refractivity contribution < 1.29 is 28.7 Å². The number of hydrogen-bond donors (Lipinski definition) is 0. The summed E-state index contributed by atoms with van der Waals surface area (Å²) in [6.07, 6.45) is 4.15. The van der Waals surface area contributed by atoms with Gasteiger partial charge in [-0.1, -0.05) is 19.8 Å². The normalized spacial score (nSPS) is 26.9. The van der Waals surface area contributed by atoms with E-state index in [9.17, 15) is 19.2 Å². The molecule has 116 valence electrons. The molecule has 0 amide bonds. The molecule has 2 rings (SSSR count). The summed E-state index contributed by atoms with van der Waals surface area (Å²) >= 11 is 0. The van der Waals surface area contributed by atoms with Crippen LogP contribution in [0, 0.1) is 17.8 Å². The number of cyclic esters (lactones) is 4. The number of esters is 4. The first kappa shape index (κ1) is 15.7. The lowest BCUT2D eigenvalue weighted by Crippen LogP contribution is -2.20. The Balaban J connectivity index is 1.83. The monoisotopic (exact) mass is 296 g/mol. The van der Waals surface area contributed by atoms with Gasteiger partial charge in [-0.05, 0) is 25.2 Å². The maximum absolute atomic E-state index is 11.7. The van der Waals surface area contributed by atoms with Gasteiger partial charge in [0, 0.05) is 0 Å². The van der Waals surface area contributed by atoms with Crippen molar-refractivity contribution in [2.75, 3.05) is 0 Å². The van der Waals surface area contributed by atoms with E-state index in [2.05, 4.69) is 9.47 Å². The van der Waals surface area contributed by atoms with Crippen LogP contribution in [0.3, 0.4) is 0 Å².